The Morgan fingerprint density at radius 1 is 1.33 bits per heavy atom. The van der Waals surface area contributed by atoms with Crippen LogP contribution in [0.25, 0.3) is 0 Å². The maximum Gasteiger partial charge on any atom is 0.187 e. The molecule has 3 nitrogen and oxygen atoms in total. The molecule has 0 fully saturated rings. The van der Waals surface area contributed by atoms with E-state index in [-0.39, 0.29) is 0 Å². The molecule has 0 radical (unpaired) electrons. The van der Waals surface area contributed by atoms with Gasteiger partial charge in [0.1, 0.15) is 0 Å². The lowest BCUT2D eigenvalue weighted by molar-refractivity contribution is 0.531. The predicted molar refractivity (Wildman–Crippen MR) is 65.1 cm³/mol. The van der Waals surface area contributed by atoms with Crippen LogP contribution in [0, 0.1) is 0 Å². The van der Waals surface area contributed by atoms with Gasteiger partial charge in [0.2, 0.25) is 0 Å². The number of thioether (sulfide) groups is 1. The van der Waals surface area contributed by atoms with Crippen LogP contribution in [0.15, 0.2) is 23.6 Å². The molecule has 1 rings (SSSR count). The zero-order chi connectivity index (χ0) is 10.9. The summed E-state index contributed by atoms with van der Waals surface area (Å²) in [6.45, 7) is 5.39. The highest BCUT2D eigenvalue weighted by Crippen LogP contribution is 2.14. The summed E-state index contributed by atoms with van der Waals surface area (Å²) in [6.07, 6.45) is 6.01. The Kier molecular flexibility index (Phi) is 6.36. The molecule has 0 amide bonds. The highest BCUT2D eigenvalue weighted by molar-refractivity contribution is 7.99. The summed E-state index contributed by atoms with van der Waals surface area (Å²) in [7, 11) is 0. The Hall–Kier alpha value is -0.610. The molecule has 1 aromatic heterocycles. The largest absolute Gasteiger partial charge is 0.313 e. The van der Waals surface area contributed by atoms with Gasteiger partial charge in [0.15, 0.2) is 5.16 Å². The van der Waals surface area contributed by atoms with Gasteiger partial charge in [-0.3, -0.25) is 0 Å². The minimum Gasteiger partial charge on any atom is -0.313 e. The quantitative estimate of drug-likeness (QED) is 0.571. The van der Waals surface area contributed by atoms with E-state index in [4.69, 9.17) is 0 Å². The van der Waals surface area contributed by atoms with E-state index < -0.39 is 0 Å². The van der Waals surface area contributed by atoms with Gasteiger partial charge in [0.05, 0.1) is 0 Å². The molecule has 1 heterocycles. The van der Waals surface area contributed by atoms with Crippen LogP contribution in [0.2, 0.25) is 0 Å². The van der Waals surface area contributed by atoms with Crippen molar-refractivity contribution >= 4 is 11.8 Å². The first kappa shape index (κ1) is 12.5. The number of nitrogens with one attached hydrogen (secondary N) is 1. The molecule has 0 aromatic carbocycles. The van der Waals surface area contributed by atoms with Crippen LogP contribution in [0.4, 0.5) is 0 Å². The van der Waals surface area contributed by atoms with Crippen molar-refractivity contribution in [2.45, 2.75) is 37.9 Å². The average Bonchev–Trinajstić information content (AvgIpc) is 2.28. The number of aromatic nitrogens is 2. The van der Waals surface area contributed by atoms with E-state index in [0.29, 0.717) is 6.04 Å². The zero-order valence-electron chi connectivity index (χ0n) is 9.44. The Bertz CT molecular complexity index is 247. The highest BCUT2D eigenvalue weighted by atomic mass is 32.2. The van der Waals surface area contributed by atoms with E-state index in [1.807, 2.05) is 6.07 Å². The fourth-order valence-corrected chi connectivity index (χ4v) is 2.32. The van der Waals surface area contributed by atoms with Crippen LogP contribution in [0.1, 0.15) is 26.7 Å². The summed E-state index contributed by atoms with van der Waals surface area (Å²) >= 11 is 1.72. The molecule has 0 spiro atoms. The Labute approximate surface area is 96.1 Å². The van der Waals surface area contributed by atoms with Gasteiger partial charge >= 0.3 is 0 Å². The van der Waals surface area contributed by atoms with Crippen molar-refractivity contribution in [1.82, 2.24) is 15.3 Å². The normalized spacial score (nSPS) is 12.7. The highest BCUT2D eigenvalue weighted by Gasteiger charge is 2.07. The molecular weight excluding hydrogens is 206 g/mol. The summed E-state index contributed by atoms with van der Waals surface area (Å²) in [5.41, 5.74) is 0. The fraction of sp³-hybridized carbons (Fsp3) is 0.636. The molecule has 15 heavy (non-hydrogen) atoms. The third-order valence-electron chi connectivity index (χ3n) is 2.09. The molecule has 4 heteroatoms. The van der Waals surface area contributed by atoms with Crippen LogP contribution < -0.4 is 5.32 Å². The first-order chi connectivity index (χ1) is 7.36. The van der Waals surface area contributed by atoms with E-state index in [1.54, 1.807) is 24.2 Å². The van der Waals surface area contributed by atoms with Crippen molar-refractivity contribution < 1.29 is 0 Å². The summed E-state index contributed by atoms with van der Waals surface area (Å²) in [5.74, 6) is 1.05. The van der Waals surface area contributed by atoms with Gasteiger partial charge in [-0.1, -0.05) is 32.0 Å². The molecule has 0 aliphatic rings. The lowest BCUT2D eigenvalue weighted by atomic mass is 10.2. The molecule has 0 aliphatic heterocycles. The van der Waals surface area contributed by atoms with E-state index in [2.05, 4.69) is 29.1 Å². The summed E-state index contributed by atoms with van der Waals surface area (Å²) in [5, 5.41) is 4.35. The Morgan fingerprint density at radius 2 is 2.07 bits per heavy atom. The van der Waals surface area contributed by atoms with Gasteiger partial charge in [-0.25, -0.2) is 9.97 Å². The minimum absolute atomic E-state index is 0.578. The third-order valence-corrected chi connectivity index (χ3v) is 3.12. The predicted octanol–water partition coefficient (Wildman–Crippen LogP) is 2.35. The topological polar surface area (TPSA) is 37.8 Å². The van der Waals surface area contributed by atoms with Crippen molar-refractivity contribution in [2.24, 2.45) is 0 Å². The number of nitrogens with zero attached hydrogens (tertiary/aromatic N) is 2. The minimum atomic E-state index is 0.578. The number of hydrogen-bond acceptors (Lipinski definition) is 4. The van der Waals surface area contributed by atoms with Crippen LogP contribution in [-0.4, -0.2) is 28.3 Å². The monoisotopic (exact) mass is 225 g/mol. The first-order valence-corrected chi connectivity index (χ1v) is 6.48. The Balaban J connectivity index is 2.33. The third kappa shape index (κ3) is 5.14. The second-order valence-electron chi connectivity index (χ2n) is 3.39. The van der Waals surface area contributed by atoms with Crippen molar-refractivity contribution in [3.63, 3.8) is 0 Å². The van der Waals surface area contributed by atoms with Crippen molar-refractivity contribution in [2.75, 3.05) is 12.3 Å². The average molecular weight is 225 g/mol. The van der Waals surface area contributed by atoms with E-state index in [0.717, 1.165) is 17.5 Å². The Morgan fingerprint density at radius 3 is 2.67 bits per heavy atom. The second-order valence-corrected chi connectivity index (χ2v) is 4.37. The molecule has 84 valence electrons. The van der Waals surface area contributed by atoms with Crippen molar-refractivity contribution in [3.8, 4) is 0 Å². The van der Waals surface area contributed by atoms with Crippen LogP contribution in [-0.2, 0) is 0 Å². The molecule has 1 atom stereocenters. The van der Waals surface area contributed by atoms with Gasteiger partial charge in [-0.05, 0) is 19.0 Å². The van der Waals surface area contributed by atoms with Crippen molar-refractivity contribution in [3.05, 3.63) is 18.5 Å². The fourth-order valence-electron chi connectivity index (χ4n) is 1.42. The first-order valence-electron chi connectivity index (χ1n) is 5.50. The number of hydrogen-bond donors (Lipinski definition) is 1. The molecule has 1 N–H and O–H groups in total. The molecular formula is C11H19N3S. The van der Waals surface area contributed by atoms with E-state index in [1.165, 1.54) is 12.8 Å². The van der Waals surface area contributed by atoms with Gasteiger partial charge in [0.25, 0.3) is 0 Å². The maximum atomic E-state index is 4.20. The zero-order valence-corrected chi connectivity index (χ0v) is 10.3. The molecule has 1 unspecified atom stereocenters. The van der Waals surface area contributed by atoms with Gasteiger partial charge in [-0.15, -0.1) is 0 Å². The molecule has 1 aromatic rings. The van der Waals surface area contributed by atoms with Gasteiger partial charge < -0.3 is 5.32 Å². The number of rotatable bonds is 7. The van der Waals surface area contributed by atoms with Crippen LogP contribution in [0.3, 0.4) is 0 Å². The molecule has 0 saturated heterocycles. The SMILES string of the molecule is CCCC(CSc1ncccn1)NCC. The van der Waals surface area contributed by atoms with Gasteiger partial charge in [0, 0.05) is 24.2 Å². The molecule has 0 aliphatic carbocycles. The standard InChI is InChI=1S/C11H19N3S/c1-3-6-10(12-4-2)9-15-11-13-7-5-8-14-11/h5,7-8,10,12H,3-4,6,9H2,1-2H3. The van der Waals surface area contributed by atoms with Gasteiger partial charge in [-0.2, -0.15) is 0 Å². The van der Waals surface area contributed by atoms with E-state index >= 15 is 0 Å². The molecule has 0 bridgehead atoms. The second kappa shape index (κ2) is 7.65. The summed E-state index contributed by atoms with van der Waals surface area (Å²) < 4.78 is 0. The lowest BCUT2D eigenvalue weighted by Crippen LogP contribution is -2.30. The van der Waals surface area contributed by atoms with Crippen LogP contribution in [0.5, 0.6) is 0 Å². The smallest absolute Gasteiger partial charge is 0.187 e. The molecule has 0 saturated carbocycles. The van der Waals surface area contributed by atoms with Crippen LogP contribution >= 0.6 is 11.8 Å². The summed E-state index contributed by atoms with van der Waals surface area (Å²) in [6, 6.07) is 2.42. The summed E-state index contributed by atoms with van der Waals surface area (Å²) in [4.78, 5) is 8.39. The maximum absolute atomic E-state index is 4.20. The van der Waals surface area contributed by atoms with E-state index in [9.17, 15) is 0 Å². The van der Waals surface area contributed by atoms with Crippen molar-refractivity contribution in [1.29, 1.82) is 0 Å². The lowest BCUT2D eigenvalue weighted by Gasteiger charge is -2.15.